The lowest BCUT2D eigenvalue weighted by atomic mass is 9.77. The molecule has 0 aliphatic rings. The van der Waals surface area contributed by atoms with Crippen molar-refractivity contribution in [3.8, 4) is 0 Å². The quantitative estimate of drug-likeness (QED) is 0.712. The highest BCUT2D eigenvalue weighted by molar-refractivity contribution is 7.17. The minimum absolute atomic E-state index is 0.130. The Kier molecular flexibility index (Phi) is 4.85. The molecule has 0 spiro atoms. The molecular formula is C14H22O2P+. The molecule has 0 fully saturated rings. The normalized spacial score (nSPS) is 15.8. The Balaban J connectivity index is 3.13. The largest absolute Gasteiger partial charge is 0.495 e. The van der Waals surface area contributed by atoms with Crippen molar-refractivity contribution in [2.24, 2.45) is 5.41 Å². The van der Waals surface area contributed by atoms with E-state index in [1.807, 2.05) is 18.2 Å². The van der Waals surface area contributed by atoms with E-state index in [0.29, 0.717) is 0 Å². The van der Waals surface area contributed by atoms with E-state index in [9.17, 15) is 4.57 Å². The molecule has 2 nitrogen and oxygen atoms in total. The third-order valence-corrected chi connectivity index (χ3v) is 3.40. The maximum absolute atomic E-state index is 11.0. The van der Waals surface area contributed by atoms with E-state index in [2.05, 4.69) is 39.8 Å². The highest BCUT2D eigenvalue weighted by Gasteiger charge is 2.39. The van der Waals surface area contributed by atoms with Crippen LogP contribution >= 0.6 is 8.69 Å². The summed E-state index contributed by atoms with van der Waals surface area (Å²) >= 11 is 0. The van der Waals surface area contributed by atoms with Gasteiger partial charge in [0, 0.05) is 0 Å². The highest BCUT2D eigenvalue weighted by Crippen LogP contribution is 2.42. The zero-order chi connectivity index (χ0) is 12.9. The fraction of sp³-hybridized carbons (Fsp3) is 0.571. The topological polar surface area (TPSA) is 26.3 Å². The molecule has 0 amide bonds. The molecule has 0 aromatic heterocycles. The predicted octanol–water partition coefficient (Wildman–Crippen LogP) is 4.68. The van der Waals surface area contributed by atoms with Crippen LogP contribution in [0.2, 0.25) is 0 Å². The van der Waals surface area contributed by atoms with Gasteiger partial charge in [-0.05, 0) is 28.4 Å². The molecule has 17 heavy (non-hydrogen) atoms. The molecule has 0 N–H and O–H groups in total. The van der Waals surface area contributed by atoms with Crippen LogP contribution in [0.4, 0.5) is 0 Å². The van der Waals surface area contributed by atoms with Crippen LogP contribution in [0.15, 0.2) is 30.3 Å². The van der Waals surface area contributed by atoms with Crippen molar-refractivity contribution in [3.05, 3.63) is 35.9 Å². The molecule has 0 heterocycles. The van der Waals surface area contributed by atoms with Gasteiger partial charge in [-0.15, -0.1) is 4.52 Å². The standard InChI is InChI=1S/C14H22O2P/c1-5-14(16-17-15,11-13(2,3)4)12-9-7-6-8-10-12/h6-10,17H,5,11H2,1-4H3/q+1. The molecule has 1 aromatic rings. The van der Waals surface area contributed by atoms with Gasteiger partial charge in [0.05, 0.1) is 0 Å². The van der Waals surface area contributed by atoms with E-state index in [1.165, 1.54) is 0 Å². The number of rotatable bonds is 5. The second kappa shape index (κ2) is 5.75. The maximum Gasteiger partial charge on any atom is 0.495 e. The first-order chi connectivity index (χ1) is 7.93. The molecule has 0 aliphatic heterocycles. The predicted molar refractivity (Wildman–Crippen MR) is 72.6 cm³/mol. The van der Waals surface area contributed by atoms with E-state index in [1.54, 1.807) is 0 Å². The molecule has 94 valence electrons. The lowest BCUT2D eigenvalue weighted by Gasteiger charge is -2.33. The van der Waals surface area contributed by atoms with Crippen LogP contribution in [0.5, 0.6) is 0 Å². The van der Waals surface area contributed by atoms with Crippen LogP contribution in [0.3, 0.4) is 0 Å². The molecule has 3 heteroatoms. The van der Waals surface area contributed by atoms with Crippen LogP contribution in [0.1, 0.15) is 46.1 Å². The number of benzene rings is 1. The summed E-state index contributed by atoms with van der Waals surface area (Å²) in [7, 11) is -0.723. The van der Waals surface area contributed by atoms with E-state index < -0.39 is 14.3 Å². The number of hydrogen-bond acceptors (Lipinski definition) is 2. The third kappa shape index (κ3) is 3.90. The van der Waals surface area contributed by atoms with Crippen LogP contribution in [0.25, 0.3) is 0 Å². The lowest BCUT2D eigenvalue weighted by molar-refractivity contribution is 0.0317. The summed E-state index contributed by atoms with van der Waals surface area (Å²) < 4.78 is 16.6. The van der Waals surface area contributed by atoms with Gasteiger partial charge in [-0.1, -0.05) is 58.0 Å². The van der Waals surface area contributed by atoms with Crippen LogP contribution in [0, 0.1) is 5.41 Å². The average molecular weight is 253 g/mol. The Hall–Kier alpha value is -0.720. The molecule has 1 rings (SSSR count). The molecule has 0 bridgehead atoms. The molecule has 0 saturated heterocycles. The summed E-state index contributed by atoms with van der Waals surface area (Å²) in [5.74, 6) is 0. The summed E-state index contributed by atoms with van der Waals surface area (Å²) in [6, 6.07) is 10.1. The van der Waals surface area contributed by atoms with Crippen molar-refractivity contribution in [2.75, 3.05) is 0 Å². The summed E-state index contributed by atoms with van der Waals surface area (Å²) in [4.78, 5) is 0. The van der Waals surface area contributed by atoms with E-state index in [-0.39, 0.29) is 5.41 Å². The van der Waals surface area contributed by atoms with E-state index in [4.69, 9.17) is 4.52 Å². The second-order valence-electron chi connectivity index (χ2n) is 5.64. The second-order valence-corrected chi connectivity index (χ2v) is 6.01. The third-order valence-electron chi connectivity index (χ3n) is 2.92. The zero-order valence-electron chi connectivity index (χ0n) is 11.1. The van der Waals surface area contributed by atoms with Gasteiger partial charge >= 0.3 is 8.69 Å². The van der Waals surface area contributed by atoms with E-state index in [0.717, 1.165) is 18.4 Å². The Morgan fingerprint density at radius 3 is 2.18 bits per heavy atom. The Morgan fingerprint density at radius 1 is 1.18 bits per heavy atom. The van der Waals surface area contributed by atoms with Gasteiger partial charge in [-0.2, -0.15) is 0 Å². The summed E-state index contributed by atoms with van der Waals surface area (Å²) in [6.45, 7) is 8.62. The van der Waals surface area contributed by atoms with E-state index >= 15 is 0 Å². The van der Waals surface area contributed by atoms with Crippen LogP contribution < -0.4 is 0 Å². The first kappa shape index (κ1) is 14.3. The van der Waals surface area contributed by atoms with Gasteiger partial charge in [0.25, 0.3) is 0 Å². The summed E-state index contributed by atoms with van der Waals surface area (Å²) in [6.07, 6.45) is 1.68. The molecule has 0 radical (unpaired) electrons. The molecule has 0 saturated carbocycles. The van der Waals surface area contributed by atoms with Crippen LogP contribution in [-0.2, 0) is 14.7 Å². The monoisotopic (exact) mass is 253 g/mol. The Labute approximate surface area is 106 Å². The van der Waals surface area contributed by atoms with Gasteiger partial charge < -0.3 is 0 Å². The van der Waals surface area contributed by atoms with Crippen molar-refractivity contribution in [1.82, 2.24) is 0 Å². The average Bonchev–Trinajstić information content (AvgIpc) is 2.28. The minimum Gasteiger partial charge on any atom is -0.136 e. The zero-order valence-corrected chi connectivity index (χ0v) is 12.1. The summed E-state index contributed by atoms with van der Waals surface area (Å²) in [5, 5.41) is 0. The number of hydrogen-bond donors (Lipinski definition) is 0. The maximum atomic E-state index is 11.0. The van der Waals surface area contributed by atoms with Crippen molar-refractivity contribution < 1.29 is 9.09 Å². The van der Waals surface area contributed by atoms with Gasteiger partial charge in [-0.3, -0.25) is 0 Å². The van der Waals surface area contributed by atoms with Crippen molar-refractivity contribution in [3.63, 3.8) is 0 Å². The fourth-order valence-corrected chi connectivity index (χ4v) is 2.77. The highest BCUT2D eigenvalue weighted by atomic mass is 31.1. The van der Waals surface area contributed by atoms with Crippen LogP contribution in [-0.4, -0.2) is 0 Å². The molecular weight excluding hydrogens is 231 g/mol. The molecule has 2 unspecified atom stereocenters. The first-order valence-corrected chi connectivity index (χ1v) is 6.86. The Bertz CT molecular complexity index is 356. The lowest BCUT2D eigenvalue weighted by Crippen LogP contribution is -2.31. The molecule has 1 aromatic carbocycles. The van der Waals surface area contributed by atoms with Gasteiger partial charge in [0.15, 0.2) is 0 Å². The Morgan fingerprint density at radius 2 is 1.76 bits per heavy atom. The van der Waals surface area contributed by atoms with Gasteiger partial charge in [0.2, 0.25) is 0 Å². The summed E-state index contributed by atoms with van der Waals surface area (Å²) in [5.41, 5.74) is 0.811. The smallest absolute Gasteiger partial charge is 0.136 e. The van der Waals surface area contributed by atoms with Gasteiger partial charge in [0.1, 0.15) is 5.60 Å². The SMILES string of the molecule is CCC(CC(C)(C)C)(O[PH+]=O)c1ccccc1. The fourth-order valence-electron chi connectivity index (χ4n) is 2.28. The van der Waals surface area contributed by atoms with Crippen molar-refractivity contribution in [2.45, 2.75) is 46.1 Å². The van der Waals surface area contributed by atoms with Gasteiger partial charge in [-0.25, -0.2) is 0 Å². The van der Waals surface area contributed by atoms with Crippen molar-refractivity contribution in [1.29, 1.82) is 0 Å². The van der Waals surface area contributed by atoms with Crippen molar-refractivity contribution >= 4 is 8.69 Å². The first-order valence-electron chi connectivity index (χ1n) is 6.04. The molecule has 2 atom stereocenters. The molecule has 0 aliphatic carbocycles. The minimum atomic E-state index is -0.723.